The Bertz CT molecular complexity index is 403. The molecule has 0 aromatic heterocycles. The van der Waals surface area contributed by atoms with Gasteiger partial charge in [-0.3, -0.25) is 4.79 Å². The third-order valence-corrected chi connectivity index (χ3v) is 6.34. The monoisotopic (exact) mass is 324 g/mol. The van der Waals surface area contributed by atoms with Crippen molar-refractivity contribution in [2.45, 2.75) is 51.4 Å². The van der Waals surface area contributed by atoms with Crippen molar-refractivity contribution < 1.29 is 14.6 Å². The fourth-order valence-electron chi connectivity index (χ4n) is 4.79. The van der Waals surface area contributed by atoms with E-state index in [4.69, 9.17) is 4.74 Å². The number of aliphatic hydroxyl groups excluding tert-OH is 1. The van der Waals surface area contributed by atoms with E-state index in [2.05, 4.69) is 10.2 Å². The molecule has 0 bridgehead atoms. The maximum atomic E-state index is 12.8. The molecule has 0 aromatic rings. The summed E-state index contributed by atoms with van der Waals surface area (Å²) in [5, 5.41) is 12.6. The minimum absolute atomic E-state index is 0.101. The van der Waals surface area contributed by atoms with Crippen LogP contribution in [0.25, 0.3) is 0 Å². The van der Waals surface area contributed by atoms with Gasteiger partial charge in [-0.25, -0.2) is 0 Å². The van der Waals surface area contributed by atoms with E-state index in [0.717, 1.165) is 52.0 Å². The van der Waals surface area contributed by atoms with Crippen molar-refractivity contribution in [3.05, 3.63) is 0 Å². The molecule has 23 heavy (non-hydrogen) atoms. The maximum absolute atomic E-state index is 12.8. The Balaban J connectivity index is 1.44. The smallest absolute Gasteiger partial charge is 0.226 e. The number of piperidine rings is 1. The van der Waals surface area contributed by atoms with Crippen LogP contribution in [0.3, 0.4) is 0 Å². The van der Waals surface area contributed by atoms with Crippen LogP contribution < -0.4 is 5.32 Å². The molecule has 5 heteroatoms. The molecule has 2 heterocycles. The number of carbonyl (C=O) groups excluding carboxylic acids is 1. The zero-order valence-corrected chi connectivity index (χ0v) is 14.3. The lowest BCUT2D eigenvalue weighted by Gasteiger charge is -2.29. The van der Waals surface area contributed by atoms with Crippen molar-refractivity contribution >= 4 is 5.91 Å². The van der Waals surface area contributed by atoms with E-state index in [1.807, 2.05) is 0 Å². The first-order valence-electron chi connectivity index (χ1n) is 9.42. The van der Waals surface area contributed by atoms with Gasteiger partial charge in [0.25, 0.3) is 0 Å². The molecule has 0 aromatic carbocycles. The number of nitrogens with zero attached hydrogens (tertiary/aromatic N) is 1. The summed E-state index contributed by atoms with van der Waals surface area (Å²) in [7, 11) is 0. The quantitative estimate of drug-likeness (QED) is 0.698. The Morgan fingerprint density at radius 2 is 1.91 bits per heavy atom. The average molecular weight is 324 g/mol. The molecule has 5 nitrogen and oxygen atoms in total. The van der Waals surface area contributed by atoms with Crippen LogP contribution in [-0.4, -0.2) is 61.9 Å². The standard InChI is InChI=1S/C18H32N2O3/c21-12-5-18(15-17(18)6-13-23-14-7-17)16(22)19-8-4-11-20-9-2-1-3-10-20/h21H,1-15H2,(H,19,22). The summed E-state index contributed by atoms with van der Waals surface area (Å²) in [6.45, 7) is 5.90. The van der Waals surface area contributed by atoms with Crippen LogP contribution in [0.2, 0.25) is 0 Å². The second kappa shape index (κ2) is 7.49. The van der Waals surface area contributed by atoms with Gasteiger partial charge >= 0.3 is 0 Å². The van der Waals surface area contributed by atoms with E-state index < -0.39 is 0 Å². The molecule has 1 atom stereocenters. The van der Waals surface area contributed by atoms with Gasteiger partial charge in [0.2, 0.25) is 5.91 Å². The summed E-state index contributed by atoms with van der Waals surface area (Å²) in [5.41, 5.74) is -0.221. The summed E-state index contributed by atoms with van der Waals surface area (Å²) < 4.78 is 5.46. The van der Waals surface area contributed by atoms with Gasteiger partial charge in [0.1, 0.15) is 0 Å². The van der Waals surface area contributed by atoms with E-state index >= 15 is 0 Å². The number of nitrogens with one attached hydrogen (secondary N) is 1. The van der Waals surface area contributed by atoms with Crippen molar-refractivity contribution in [1.29, 1.82) is 0 Å². The number of aliphatic hydroxyl groups is 1. The Kier molecular flexibility index (Phi) is 5.60. The zero-order valence-electron chi connectivity index (χ0n) is 14.3. The second-order valence-electron chi connectivity index (χ2n) is 7.64. The SMILES string of the molecule is O=C(NCCCN1CCCCC1)C1(CCO)CC12CCOCC2. The van der Waals surface area contributed by atoms with E-state index in [-0.39, 0.29) is 23.3 Å². The third-order valence-electron chi connectivity index (χ3n) is 6.34. The Hall–Kier alpha value is -0.650. The average Bonchev–Trinajstić information content (AvgIpc) is 3.20. The maximum Gasteiger partial charge on any atom is 0.226 e. The molecule has 3 aliphatic rings. The van der Waals surface area contributed by atoms with Crippen LogP contribution in [0.15, 0.2) is 0 Å². The summed E-state index contributed by atoms with van der Waals surface area (Å²) in [6.07, 6.45) is 8.49. The molecule has 1 aliphatic carbocycles. The van der Waals surface area contributed by atoms with Crippen molar-refractivity contribution in [2.24, 2.45) is 10.8 Å². The molecule has 2 aliphatic heterocycles. The van der Waals surface area contributed by atoms with Gasteiger partial charge < -0.3 is 20.1 Å². The highest BCUT2D eigenvalue weighted by Gasteiger charge is 2.70. The molecule has 3 rings (SSSR count). The van der Waals surface area contributed by atoms with Gasteiger partial charge in [0.15, 0.2) is 0 Å². The van der Waals surface area contributed by atoms with Crippen LogP contribution >= 0.6 is 0 Å². The first kappa shape index (κ1) is 17.2. The van der Waals surface area contributed by atoms with Crippen molar-refractivity contribution in [2.75, 3.05) is 46.0 Å². The van der Waals surface area contributed by atoms with E-state index in [1.54, 1.807) is 0 Å². The molecule has 132 valence electrons. The lowest BCUT2D eigenvalue weighted by molar-refractivity contribution is -0.129. The van der Waals surface area contributed by atoms with Crippen LogP contribution in [0.1, 0.15) is 51.4 Å². The number of ether oxygens (including phenoxy) is 1. The number of rotatable bonds is 7. The van der Waals surface area contributed by atoms with Crippen molar-refractivity contribution in [1.82, 2.24) is 10.2 Å². The lowest BCUT2D eigenvalue weighted by Crippen LogP contribution is -2.39. The predicted octanol–water partition coefficient (Wildman–Crippen LogP) is 1.55. The summed E-state index contributed by atoms with van der Waals surface area (Å²) in [4.78, 5) is 15.3. The third kappa shape index (κ3) is 3.57. The minimum atomic E-state index is -0.323. The number of carbonyl (C=O) groups is 1. The number of amides is 1. The molecule has 2 N–H and O–H groups in total. The highest BCUT2D eigenvalue weighted by molar-refractivity contribution is 5.87. The van der Waals surface area contributed by atoms with Gasteiger partial charge in [-0.05, 0) is 70.0 Å². The molecular weight excluding hydrogens is 292 g/mol. The van der Waals surface area contributed by atoms with Crippen molar-refractivity contribution in [3.63, 3.8) is 0 Å². The van der Waals surface area contributed by atoms with E-state index in [9.17, 15) is 9.90 Å². The predicted molar refractivity (Wildman–Crippen MR) is 89.2 cm³/mol. The van der Waals surface area contributed by atoms with Gasteiger partial charge in [-0.1, -0.05) is 6.42 Å². The highest BCUT2D eigenvalue weighted by Crippen LogP contribution is 2.70. The van der Waals surface area contributed by atoms with Gasteiger partial charge in [0.05, 0.1) is 5.41 Å². The van der Waals surface area contributed by atoms with Crippen LogP contribution in [0.4, 0.5) is 0 Å². The molecule has 3 fully saturated rings. The first-order chi connectivity index (χ1) is 11.2. The molecule has 1 unspecified atom stereocenters. The second-order valence-corrected chi connectivity index (χ2v) is 7.64. The highest BCUT2D eigenvalue weighted by atomic mass is 16.5. The number of hydrogen-bond donors (Lipinski definition) is 2. The first-order valence-corrected chi connectivity index (χ1v) is 9.42. The largest absolute Gasteiger partial charge is 0.396 e. The topological polar surface area (TPSA) is 61.8 Å². The molecule has 0 radical (unpaired) electrons. The normalized spacial score (nSPS) is 30.3. The molecule has 1 spiro atoms. The fourth-order valence-corrected chi connectivity index (χ4v) is 4.79. The zero-order chi connectivity index (χ0) is 16.2. The Morgan fingerprint density at radius 3 is 2.61 bits per heavy atom. The summed E-state index contributed by atoms with van der Waals surface area (Å²) in [6, 6.07) is 0. The molecule has 1 amide bonds. The van der Waals surface area contributed by atoms with Crippen LogP contribution in [0, 0.1) is 10.8 Å². The number of likely N-dealkylation sites (tertiary alicyclic amines) is 1. The van der Waals surface area contributed by atoms with Crippen molar-refractivity contribution in [3.8, 4) is 0 Å². The van der Waals surface area contributed by atoms with Gasteiger partial charge in [0, 0.05) is 26.4 Å². The van der Waals surface area contributed by atoms with Crippen LogP contribution in [-0.2, 0) is 9.53 Å². The molecule has 2 saturated heterocycles. The minimum Gasteiger partial charge on any atom is -0.396 e. The van der Waals surface area contributed by atoms with E-state index in [0.29, 0.717) is 6.42 Å². The van der Waals surface area contributed by atoms with Crippen LogP contribution in [0.5, 0.6) is 0 Å². The van der Waals surface area contributed by atoms with Gasteiger partial charge in [-0.15, -0.1) is 0 Å². The summed E-state index contributed by atoms with van der Waals surface area (Å²) >= 11 is 0. The number of hydrogen-bond acceptors (Lipinski definition) is 4. The molecular formula is C18H32N2O3. The summed E-state index contributed by atoms with van der Waals surface area (Å²) in [5.74, 6) is 0.173. The van der Waals surface area contributed by atoms with Gasteiger partial charge in [-0.2, -0.15) is 0 Å². The molecule has 1 saturated carbocycles. The van der Waals surface area contributed by atoms with E-state index in [1.165, 1.54) is 32.4 Å². The fraction of sp³-hybridized carbons (Fsp3) is 0.944. The Labute approximate surface area is 139 Å². The lowest BCUT2D eigenvalue weighted by atomic mass is 9.83. The Morgan fingerprint density at radius 1 is 1.17 bits per heavy atom.